The SMILES string of the molecule is O=c1[nH]c2ccccc2nc1C(F)CF. The third-order valence-corrected chi connectivity index (χ3v) is 2.06. The Balaban J connectivity index is 2.67. The van der Waals surface area contributed by atoms with E-state index in [4.69, 9.17) is 0 Å². The van der Waals surface area contributed by atoms with Crippen LogP contribution in [0.4, 0.5) is 8.78 Å². The second-order valence-electron chi connectivity index (χ2n) is 3.09. The summed E-state index contributed by atoms with van der Waals surface area (Å²) in [5, 5.41) is 0. The van der Waals surface area contributed by atoms with Gasteiger partial charge in [-0.1, -0.05) is 12.1 Å². The van der Waals surface area contributed by atoms with Gasteiger partial charge in [-0.2, -0.15) is 0 Å². The van der Waals surface area contributed by atoms with Gasteiger partial charge in [-0.3, -0.25) is 4.79 Å². The third kappa shape index (κ3) is 1.72. The number of hydrogen-bond acceptors (Lipinski definition) is 2. The van der Waals surface area contributed by atoms with Crippen molar-refractivity contribution in [2.24, 2.45) is 0 Å². The summed E-state index contributed by atoms with van der Waals surface area (Å²) in [6.45, 7) is -1.24. The van der Waals surface area contributed by atoms with Gasteiger partial charge in [-0.25, -0.2) is 13.8 Å². The fourth-order valence-corrected chi connectivity index (χ4v) is 1.33. The van der Waals surface area contributed by atoms with E-state index in [9.17, 15) is 13.6 Å². The number of H-pyrrole nitrogens is 1. The minimum Gasteiger partial charge on any atom is -0.319 e. The van der Waals surface area contributed by atoms with E-state index in [2.05, 4.69) is 9.97 Å². The Bertz CT molecular complexity index is 538. The van der Waals surface area contributed by atoms with E-state index in [1.54, 1.807) is 24.3 Å². The first-order valence-electron chi connectivity index (χ1n) is 4.41. The van der Waals surface area contributed by atoms with Crippen LogP contribution in [0.5, 0.6) is 0 Å². The predicted molar refractivity (Wildman–Crippen MR) is 52.2 cm³/mol. The van der Waals surface area contributed by atoms with Crippen LogP contribution in [-0.4, -0.2) is 16.6 Å². The molecule has 1 aromatic heterocycles. The summed E-state index contributed by atoms with van der Waals surface area (Å²) in [6, 6.07) is 6.71. The zero-order valence-corrected chi connectivity index (χ0v) is 7.71. The van der Waals surface area contributed by atoms with Crippen molar-refractivity contribution in [1.82, 2.24) is 9.97 Å². The molecule has 1 N–H and O–H groups in total. The normalized spacial score (nSPS) is 12.9. The molecule has 1 aromatic carbocycles. The largest absolute Gasteiger partial charge is 0.319 e. The molecule has 0 spiro atoms. The first-order chi connectivity index (χ1) is 7.22. The summed E-state index contributed by atoms with van der Waals surface area (Å²) in [6.07, 6.45) is -1.96. The highest BCUT2D eigenvalue weighted by Crippen LogP contribution is 2.14. The first kappa shape index (κ1) is 9.76. The molecule has 0 saturated carbocycles. The number of hydrogen-bond donors (Lipinski definition) is 1. The average Bonchev–Trinajstić information content (AvgIpc) is 2.27. The standard InChI is InChI=1S/C10H8F2N2O/c11-5-6(12)9-10(15)14-8-4-2-1-3-7(8)13-9/h1-4,6H,5H2,(H,14,15). The molecule has 0 aliphatic rings. The lowest BCUT2D eigenvalue weighted by Gasteiger charge is -2.03. The number of nitrogens with zero attached hydrogens (tertiary/aromatic N) is 1. The molecule has 0 amide bonds. The second kappa shape index (κ2) is 3.76. The molecule has 0 radical (unpaired) electrons. The fraction of sp³-hybridized carbons (Fsp3) is 0.200. The molecule has 3 nitrogen and oxygen atoms in total. The van der Waals surface area contributed by atoms with E-state index in [1.807, 2.05) is 0 Å². The van der Waals surface area contributed by atoms with E-state index in [0.29, 0.717) is 11.0 Å². The van der Waals surface area contributed by atoms with Crippen LogP contribution in [0.25, 0.3) is 11.0 Å². The molecular formula is C10H8F2N2O. The van der Waals surface area contributed by atoms with Gasteiger partial charge in [0.2, 0.25) is 0 Å². The Morgan fingerprint density at radius 2 is 2.13 bits per heavy atom. The van der Waals surface area contributed by atoms with Gasteiger partial charge in [0, 0.05) is 0 Å². The van der Waals surface area contributed by atoms with Gasteiger partial charge in [0.15, 0.2) is 6.17 Å². The van der Waals surface area contributed by atoms with Crippen LogP contribution in [0.3, 0.4) is 0 Å². The van der Waals surface area contributed by atoms with Gasteiger partial charge in [0.25, 0.3) is 5.56 Å². The van der Waals surface area contributed by atoms with Crippen LogP contribution < -0.4 is 5.56 Å². The molecule has 1 heterocycles. The highest BCUT2D eigenvalue weighted by Gasteiger charge is 2.15. The molecule has 5 heteroatoms. The van der Waals surface area contributed by atoms with Crippen LogP contribution in [0.2, 0.25) is 0 Å². The maximum atomic E-state index is 13.0. The molecule has 78 valence electrons. The van der Waals surface area contributed by atoms with Crippen molar-refractivity contribution in [1.29, 1.82) is 0 Å². The predicted octanol–water partition coefficient (Wildman–Crippen LogP) is 1.90. The van der Waals surface area contributed by atoms with Crippen molar-refractivity contribution < 1.29 is 8.78 Å². The Morgan fingerprint density at radius 1 is 1.40 bits per heavy atom. The Morgan fingerprint density at radius 3 is 2.87 bits per heavy atom. The highest BCUT2D eigenvalue weighted by molar-refractivity contribution is 5.73. The highest BCUT2D eigenvalue weighted by atomic mass is 19.2. The van der Waals surface area contributed by atoms with E-state index in [1.165, 1.54) is 0 Å². The van der Waals surface area contributed by atoms with Gasteiger partial charge < -0.3 is 4.98 Å². The van der Waals surface area contributed by atoms with Crippen LogP contribution in [0.15, 0.2) is 29.1 Å². The van der Waals surface area contributed by atoms with E-state index in [0.717, 1.165) is 0 Å². The van der Waals surface area contributed by atoms with E-state index in [-0.39, 0.29) is 0 Å². The number of para-hydroxylation sites is 2. The summed E-state index contributed by atoms with van der Waals surface area (Å²) >= 11 is 0. The van der Waals surface area contributed by atoms with Crippen LogP contribution >= 0.6 is 0 Å². The summed E-state index contributed by atoms with van der Waals surface area (Å²) in [7, 11) is 0. The lowest BCUT2D eigenvalue weighted by molar-refractivity contribution is 0.259. The van der Waals surface area contributed by atoms with Crippen molar-refractivity contribution in [3.05, 3.63) is 40.3 Å². The van der Waals surface area contributed by atoms with Gasteiger partial charge in [-0.15, -0.1) is 0 Å². The number of nitrogens with one attached hydrogen (secondary N) is 1. The molecule has 0 bridgehead atoms. The summed E-state index contributed by atoms with van der Waals surface area (Å²) < 4.78 is 25.1. The van der Waals surface area contributed by atoms with Gasteiger partial charge in [-0.05, 0) is 12.1 Å². The number of halogens is 2. The zero-order chi connectivity index (χ0) is 10.8. The number of benzene rings is 1. The van der Waals surface area contributed by atoms with Gasteiger partial charge in [0.05, 0.1) is 11.0 Å². The molecule has 2 rings (SSSR count). The van der Waals surface area contributed by atoms with Gasteiger partial charge >= 0.3 is 0 Å². The van der Waals surface area contributed by atoms with Crippen molar-refractivity contribution in [3.63, 3.8) is 0 Å². The molecule has 2 aromatic rings. The number of aromatic amines is 1. The Kier molecular flexibility index (Phi) is 2.45. The minimum absolute atomic E-state index is 0.406. The van der Waals surface area contributed by atoms with E-state index >= 15 is 0 Å². The molecule has 0 saturated heterocycles. The topological polar surface area (TPSA) is 45.8 Å². The smallest absolute Gasteiger partial charge is 0.273 e. The van der Waals surface area contributed by atoms with Crippen LogP contribution in [0.1, 0.15) is 11.9 Å². The fourth-order valence-electron chi connectivity index (χ4n) is 1.33. The Hall–Kier alpha value is -1.78. The van der Waals surface area contributed by atoms with Crippen molar-refractivity contribution >= 4 is 11.0 Å². The number of aromatic nitrogens is 2. The number of alkyl halides is 2. The quantitative estimate of drug-likeness (QED) is 0.822. The molecular weight excluding hydrogens is 202 g/mol. The number of fused-ring (bicyclic) bond motifs is 1. The molecule has 0 fully saturated rings. The van der Waals surface area contributed by atoms with Crippen LogP contribution in [0, 0.1) is 0 Å². The lowest BCUT2D eigenvalue weighted by Crippen LogP contribution is -2.17. The molecule has 0 aliphatic heterocycles. The van der Waals surface area contributed by atoms with E-state index < -0.39 is 24.1 Å². The summed E-state index contributed by atoms with van der Waals surface area (Å²) in [4.78, 5) is 17.5. The average molecular weight is 210 g/mol. The molecule has 0 aliphatic carbocycles. The second-order valence-corrected chi connectivity index (χ2v) is 3.09. The monoisotopic (exact) mass is 210 g/mol. The molecule has 1 atom stereocenters. The maximum absolute atomic E-state index is 13.0. The third-order valence-electron chi connectivity index (χ3n) is 2.06. The lowest BCUT2D eigenvalue weighted by atomic mass is 10.2. The first-order valence-corrected chi connectivity index (χ1v) is 4.41. The minimum atomic E-state index is -1.96. The van der Waals surface area contributed by atoms with Crippen molar-refractivity contribution in [2.45, 2.75) is 6.17 Å². The van der Waals surface area contributed by atoms with Crippen molar-refractivity contribution in [2.75, 3.05) is 6.67 Å². The molecule has 1 unspecified atom stereocenters. The summed E-state index contributed by atoms with van der Waals surface area (Å²) in [5.41, 5.74) is -0.129. The number of rotatable bonds is 2. The van der Waals surface area contributed by atoms with Crippen LogP contribution in [-0.2, 0) is 0 Å². The van der Waals surface area contributed by atoms with Gasteiger partial charge in [0.1, 0.15) is 12.4 Å². The zero-order valence-electron chi connectivity index (χ0n) is 7.71. The summed E-state index contributed by atoms with van der Waals surface area (Å²) in [5.74, 6) is 0. The van der Waals surface area contributed by atoms with Crippen molar-refractivity contribution in [3.8, 4) is 0 Å². The Labute approximate surface area is 83.8 Å². The molecule has 15 heavy (non-hydrogen) atoms. The maximum Gasteiger partial charge on any atom is 0.273 e.